The van der Waals surface area contributed by atoms with Gasteiger partial charge in [0.1, 0.15) is 0 Å². The van der Waals surface area contributed by atoms with Gasteiger partial charge >= 0.3 is 6.03 Å². The van der Waals surface area contributed by atoms with Gasteiger partial charge in [-0.3, -0.25) is 0 Å². The van der Waals surface area contributed by atoms with Crippen LogP contribution in [0.25, 0.3) is 5.69 Å². The number of nitrogens with zero attached hydrogens (tertiary/aromatic N) is 2. The van der Waals surface area contributed by atoms with Crippen molar-refractivity contribution in [3.63, 3.8) is 0 Å². The van der Waals surface area contributed by atoms with E-state index in [2.05, 4.69) is 27.9 Å². The number of aromatic nitrogens is 2. The molecule has 5 nitrogen and oxygen atoms in total. The maximum atomic E-state index is 12.0. The minimum absolute atomic E-state index is 0.0789. The molecule has 3 rings (SSSR count). The second kappa shape index (κ2) is 7.55. The number of carbonyl (C=O) groups excluding carboxylic acids is 1. The standard InChI is InChI=1S/C17H22N4OS/c1-23-16-6-5-14(10-16)20-17(22)19-11-13-3-2-4-15(9-13)21-8-7-18-12-21/h2-4,7-9,12,14,16H,5-6,10-11H2,1H3,(H2,19,20,22)/t14-,16-/m1/s1. The van der Waals surface area contributed by atoms with Gasteiger partial charge in [-0.25, -0.2) is 9.78 Å². The highest BCUT2D eigenvalue weighted by Gasteiger charge is 2.24. The topological polar surface area (TPSA) is 59.0 Å². The average molecular weight is 330 g/mol. The molecule has 2 N–H and O–H groups in total. The number of carbonyl (C=O) groups is 1. The number of rotatable bonds is 5. The molecule has 1 aromatic heterocycles. The Bertz CT molecular complexity index is 644. The van der Waals surface area contributed by atoms with Gasteiger partial charge in [-0.15, -0.1) is 0 Å². The highest BCUT2D eigenvalue weighted by molar-refractivity contribution is 7.99. The molecule has 0 radical (unpaired) electrons. The van der Waals surface area contributed by atoms with Gasteiger partial charge in [-0.1, -0.05) is 12.1 Å². The van der Waals surface area contributed by atoms with E-state index < -0.39 is 0 Å². The molecule has 1 saturated carbocycles. The number of benzene rings is 1. The van der Waals surface area contributed by atoms with E-state index in [4.69, 9.17) is 0 Å². The molecule has 1 fully saturated rings. The van der Waals surface area contributed by atoms with Crippen molar-refractivity contribution in [2.45, 2.75) is 37.1 Å². The zero-order valence-corrected chi connectivity index (χ0v) is 14.1. The number of thioether (sulfide) groups is 1. The Morgan fingerprint density at radius 2 is 2.35 bits per heavy atom. The Morgan fingerprint density at radius 1 is 1.43 bits per heavy atom. The van der Waals surface area contributed by atoms with Gasteiger partial charge in [-0.2, -0.15) is 11.8 Å². The predicted molar refractivity (Wildman–Crippen MR) is 93.9 cm³/mol. The molecule has 1 heterocycles. The Morgan fingerprint density at radius 3 is 3.09 bits per heavy atom. The van der Waals surface area contributed by atoms with Gasteiger partial charge < -0.3 is 15.2 Å². The van der Waals surface area contributed by atoms with E-state index in [1.807, 2.05) is 40.7 Å². The highest BCUT2D eigenvalue weighted by atomic mass is 32.2. The van der Waals surface area contributed by atoms with E-state index in [1.54, 1.807) is 12.5 Å². The molecule has 1 aliphatic carbocycles. The SMILES string of the molecule is CS[C@@H]1CC[C@@H](NC(=O)NCc2cccc(-n3ccnc3)c2)C1. The van der Waals surface area contributed by atoms with Crippen LogP contribution < -0.4 is 10.6 Å². The van der Waals surface area contributed by atoms with Crippen LogP contribution in [0.3, 0.4) is 0 Å². The molecule has 2 aromatic rings. The largest absolute Gasteiger partial charge is 0.335 e. The van der Waals surface area contributed by atoms with Gasteiger partial charge in [-0.05, 0) is 43.2 Å². The first-order chi connectivity index (χ1) is 11.2. The van der Waals surface area contributed by atoms with Gasteiger partial charge in [0.15, 0.2) is 0 Å². The third kappa shape index (κ3) is 4.28. The van der Waals surface area contributed by atoms with Crippen molar-refractivity contribution in [3.8, 4) is 5.69 Å². The van der Waals surface area contributed by atoms with Crippen LogP contribution in [0, 0.1) is 0 Å². The maximum Gasteiger partial charge on any atom is 0.315 e. The maximum absolute atomic E-state index is 12.0. The summed E-state index contributed by atoms with van der Waals surface area (Å²) < 4.78 is 1.95. The molecule has 2 atom stereocenters. The number of nitrogens with one attached hydrogen (secondary N) is 2. The summed E-state index contributed by atoms with van der Waals surface area (Å²) in [7, 11) is 0. The second-order valence-electron chi connectivity index (χ2n) is 5.83. The Balaban J connectivity index is 1.50. The van der Waals surface area contributed by atoms with Crippen molar-refractivity contribution in [2.24, 2.45) is 0 Å². The molecule has 1 aromatic carbocycles. The van der Waals surface area contributed by atoms with Crippen LogP contribution in [0.4, 0.5) is 4.79 Å². The van der Waals surface area contributed by atoms with Crippen molar-refractivity contribution in [2.75, 3.05) is 6.26 Å². The fraction of sp³-hybridized carbons (Fsp3) is 0.412. The van der Waals surface area contributed by atoms with E-state index in [-0.39, 0.29) is 6.03 Å². The summed E-state index contributed by atoms with van der Waals surface area (Å²) in [6.07, 6.45) is 10.9. The van der Waals surface area contributed by atoms with Gasteiger partial charge in [0.25, 0.3) is 0 Å². The molecule has 122 valence electrons. The smallest absolute Gasteiger partial charge is 0.315 e. The van der Waals surface area contributed by atoms with Crippen molar-refractivity contribution in [1.29, 1.82) is 0 Å². The number of hydrogen-bond donors (Lipinski definition) is 2. The second-order valence-corrected chi connectivity index (χ2v) is 6.97. The van der Waals surface area contributed by atoms with E-state index in [1.165, 1.54) is 6.42 Å². The average Bonchev–Trinajstić information content (AvgIpc) is 3.25. The summed E-state index contributed by atoms with van der Waals surface area (Å²) >= 11 is 1.89. The number of hydrogen-bond acceptors (Lipinski definition) is 3. The lowest BCUT2D eigenvalue weighted by molar-refractivity contribution is 0.236. The first-order valence-corrected chi connectivity index (χ1v) is 9.18. The zero-order chi connectivity index (χ0) is 16.1. The molecule has 0 aliphatic heterocycles. The third-order valence-electron chi connectivity index (χ3n) is 4.22. The molecule has 0 unspecified atom stereocenters. The molecule has 1 aliphatic rings. The molecule has 0 saturated heterocycles. The lowest BCUT2D eigenvalue weighted by Gasteiger charge is -2.14. The molecular formula is C17H22N4OS. The Hall–Kier alpha value is -1.95. The quantitative estimate of drug-likeness (QED) is 0.886. The van der Waals surface area contributed by atoms with Crippen molar-refractivity contribution in [3.05, 3.63) is 48.5 Å². The summed E-state index contributed by atoms with van der Waals surface area (Å²) in [6.45, 7) is 0.521. The monoisotopic (exact) mass is 330 g/mol. The van der Waals surface area contributed by atoms with Crippen molar-refractivity contribution >= 4 is 17.8 Å². The van der Waals surface area contributed by atoms with Crippen LogP contribution in [-0.4, -0.2) is 33.1 Å². The van der Waals surface area contributed by atoms with E-state index in [0.717, 1.165) is 24.1 Å². The van der Waals surface area contributed by atoms with Crippen LogP contribution in [0.2, 0.25) is 0 Å². The van der Waals surface area contributed by atoms with Gasteiger partial charge in [0.05, 0.1) is 6.33 Å². The number of imidazole rings is 1. The predicted octanol–water partition coefficient (Wildman–Crippen LogP) is 2.96. The molecule has 2 amide bonds. The van der Waals surface area contributed by atoms with E-state index in [0.29, 0.717) is 17.8 Å². The molecule has 23 heavy (non-hydrogen) atoms. The normalized spacial score (nSPS) is 20.4. The minimum Gasteiger partial charge on any atom is -0.335 e. The number of urea groups is 1. The van der Waals surface area contributed by atoms with Crippen LogP contribution in [0.5, 0.6) is 0 Å². The van der Waals surface area contributed by atoms with Crippen LogP contribution in [-0.2, 0) is 6.54 Å². The fourth-order valence-electron chi connectivity index (χ4n) is 2.94. The summed E-state index contributed by atoms with van der Waals surface area (Å²) in [5, 5.41) is 6.71. The first kappa shape index (κ1) is 15.9. The highest BCUT2D eigenvalue weighted by Crippen LogP contribution is 2.27. The zero-order valence-electron chi connectivity index (χ0n) is 13.2. The van der Waals surface area contributed by atoms with Crippen molar-refractivity contribution in [1.82, 2.24) is 20.2 Å². The third-order valence-corrected chi connectivity index (χ3v) is 5.31. The summed E-state index contributed by atoms with van der Waals surface area (Å²) in [4.78, 5) is 16.1. The Kier molecular flexibility index (Phi) is 5.23. The molecular weight excluding hydrogens is 308 g/mol. The summed E-state index contributed by atoms with van der Waals surface area (Å²) in [5.74, 6) is 0. The minimum atomic E-state index is -0.0789. The van der Waals surface area contributed by atoms with Crippen LogP contribution in [0.1, 0.15) is 24.8 Å². The summed E-state index contributed by atoms with van der Waals surface area (Å²) in [5.41, 5.74) is 2.11. The van der Waals surface area contributed by atoms with Gasteiger partial charge in [0, 0.05) is 35.9 Å². The van der Waals surface area contributed by atoms with E-state index in [9.17, 15) is 4.79 Å². The molecule has 6 heteroatoms. The Labute approximate surface area is 140 Å². The first-order valence-electron chi connectivity index (χ1n) is 7.89. The van der Waals surface area contributed by atoms with Crippen molar-refractivity contribution < 1.29 is 4.79 Å². The fourth-order valence-corrected chi connectivity index (χ4v) is 3.74. The molecule has 0 spiro atoms. The number of amides is 2. The lowest BCUT2D eigenvalue weighted by atomic mass is 10.2. The van der Waals surface area contributed by atoms with E-state index >= 15 is 0 Å². The van der Waals surface area contributed by atoms with Crippen LogP contribution >= 0.6 is 11.8 Å². The van der Waals surface area contributed by atoms with Crippen LogP contribution in [0.15, 0.2) is 43.0 Å². The van der Waals surface area contributed by atoms with Gasteiger partial charge in [0.2, 0.25) is 0 Å². The summed E-state index contributed by atoms with van der Waals surface area (Å²) in [6, 6.07) is 8.31. The lowest BCUT2D eigenvalue weighted by Crippen LogP contribution is -2.40. The molecule has 0 bridgehead atoms.